The van der Waals surface area contributed by atoms with Gasteiger partial charge in [-0.1, -0.05) is 24.3 Å². The average Bonchev–Trinajstić information content (AvgIpc) is 2.98. The minimum absolute atomic E-state index is 0.233. The van der Waals surface area contributed by atoms with Crippen LogP contribution in [-0.4, -0.2) is 20.1 Å². The van der Waals surface area contributed by atoms with Crippen LogP contribution in [0.3, 0.4) is 0 Å². The van der Waals surface area contributed by atoms with E-state index in [2.05, 4.69) is 15.6 Å². The Hall–Kier alpha value is -3.02. The van der Waals surface area contributed by atoms with E-state index in [1.54, 1.807) is 13.1 Å². The van der Waals surface area contributed by atoms with Crippen LogP contribution in [0.5, 0.6) is 5.75 Å². The second kappa shape index (κ2) is 7.91. The Kier molecular flexibility index (Phi) is 5.41. The third kappa shape index (κ3) is 3.79. The number of guanidine groups is 1. The highest BCUT2D eigenvalue weighted by molar-refractivity contribution is 5.82. The largest absolute Gasteiger partial charge is 0.494 e. The Balaban J connectivity index is 1.61. The van der Waals surface area contributed by atoms with Crippen LogP contribution in [0.4, 0.5) is 4.39 Å². The SMILES string of the molecule is CN=C(NCc1ccc(OC)c(F)c1)NCc1oc2ccccc2c1C. The topological polar surface area (TPSA) is 58.8 Å². The number of nitrogens with zero attached hydrogens (tertiary/aromatic N) is 1. The van der Waals surface area contributed by atoms with E-state index in [0.717, 1.165) is 27.9 Å². The molecular formula is C20H22FN3O2. The Morgan fingerprint density at radius 1 is 1.15 bits per heavy atom. The Labute approximate surface area is 151 Å². The quantitative estimate of drug-likeness (QED) is 0.540. The van der Waals surface area contributed by atoms with Crippen molar-refractivity contribution in [2.24, 2.45) is 4.99 Å². The van der Waals surface area contributed by atoms with Gasteiger partial charge >= 0.3 is 0 Å². The van der Waals surface area contributed by atoms with E-state index >= 15 is 0 Å². The lowest BCUT2D eigenvalue weighted by Gasteiger charge is -2.12. The third-order valence-corrected chi connectivity index (χ3v) is 4.26. The van der Waals surface area contributed by atoms with Crippen molar-refractivity contribution in [3.63, 3.8) is 0 Å². The number of methoxy groups -OCH3 is 1. The molecule has 0 saturated carbocycles. The van der Waals surface area contributed by atoms with Crippen molar-refractivity contribution in [2.45, 2.75) is 20.0 Å². The number of aliphatic imine (C=N–C) groups is 1. The molecule has 136 valence electrons. The molecule has 0 fully saturated rings. The Bertz CT molecular complexity index is 934. The van der Waals surface area contributed by atoms with Gasteiger partial charge in [-0.15, -0.1) is 0 Å². The highest BCUT2D eigenvalue weighted by Crippen LogP contribution is 2.24. The molecule has 26 heavy (non-hydrogen) atoms. The van der Waals surface area contributed by atoms with Gasteiger partial charge in [0, 0.05) is 24.5 Å². The van der Waals surface area contributed by atoms with Crippen LogP contribution in [0.15, 0.2) is 51.9 Å². The van der Waals surface area contributed by atoms with Crippen LogP contribution < -0.4 is 15.4 Å². The van der Waals surface area contributed by atoms with Crippen LogP contribution >= 0.6 is 0 Å². The number of ether oxygens (including phenoxy) is 1. The summed E-state index contributed by atoms with van der Waals surface area (Å²) >= 11 is 0. The summed E-state index contributed by atoms with van der Waals surface area (Å²) in [6.07, 6.45) is 0. The number of rotatable bonds is 5. The van der Waals surface area contributed by atoms with Gasteiger partial charge in [-0.3, -0.25) is 4.99 Å². The van der Waals surface area contributed by atoms with Gasteiger partial charge in [-0.25, -0.2) is 4.39 Å². The second-order valence-electron chi connectivity index (χ2n) is 5.89. The molecule has 0 spiro atoms. The third-order valence-electron chi connectivity index (χ3n) is 4.26. The van der Waals surface area contributed by atoms with Crippen molar-refractivity contribution < 1.29 is 13.5 Å². The molecule has 0 atom stereocenters. The fourth-order valence-electron chi connectivity index (χ4n) is 2.78. The van der Waals surface area contributed by atoms with E-state index in [9.17, 15) is 4.39 Å². The predicted octanol–water partition coefficient (Wildman–Crippen LogP) is 3.75. The number of benzene rings is 2. The van der Waals surface area contributed by atoms with E-state index in [0.29, 0.717) is 19.0 Å². The monoisotopic (exact) mass is 355 g/mol. The molecule has 0 saturated heterocycles. The normalized spacial score (nSPS) is 11.6. The molecule has 2 aromatic carbocycles. The van der Waals surface area contributed by atoms with Crippen molar-refractivity contribution in [1.82, 2.24) is 10.6 Å². The summed E-state index contributed by atoms with van der Waals surface area (Å²) < 4.78 is 24.6. The zero-order valence-corrected chi connectivity index (χ0v) is 15.1. The smallest absolute Gasteiger partial charge is 0.191 e. The molecule has 0 radical (unpaired) electrons. The molecule has 0 aliphatic rings. The molecule has 3 rings (SSSR count). The maximum absolute atomic E-state index is 13.8. The minimum Gasteiger partial charge on any atom is -0.494 e. The van der Waals surface area contributed by atoms with Crippen LogP contribution in [-0.2, 0) is 13.1 Å². The van der Waals surface area contributed by atoms with Crippen LogP contribution in [0, 0.1) is 12.7 Å². The molecule has 0 bridgehead atoms. The molecule has 5 nitrogen and oxygen atoms in total. The maximum atomic E-state index is 13.8. The lowest BCUT2D eigenvalue weighted by Crippen LogP contribution is -2.36. The number of fused-ring (bicyclic) bond motifs is 1. The predicted molar refractivity (Wildman–Crippen MR) is 101 cm³/mol. The maximum Gasteiger partial charge on any atom is 0.191 e. The first-order chi connectivity index (χ1) is 12.6. The van der Waals surface area contributed by atoms with Crippen LogP contribution in [0.25, 0.3) is 11.0 Å². The van der Waals surface area contributed by atoms with Crippen molar-refractivity contribution >= 4 is 16.9 Å². The Morgan fingerprint density at radius 2 is 1.92 bits per heavy atom. The lowest BCUT2D eigenvalue weighted by atomic mass is 10.1. The summed E-state index contributed by atoms with van der Waals surface area (Å²) in [5.41, 5.74) is 2.78. The number of hydrogen-bond acceptors (Lipinski definition) is 3. The highest BCUT2D eigenvalue weighted by Gasteiger charge is 2.10. The van der Waals surface area contributed by atoms with Gasteiger partial charge in [0.05, 0.1) is 13.7 Å². The van der Waals surface area contributed by atoms with Crippen LogP contribution in [0.1, 0.15) is 16.9 Å². The molecule has 0 aliphatic carbocycles. The van der Waals surface area contributed by atoms with Gasteiger partial charge in [0.25, 0.3) is 0 Å². The second-order valence-corrected chi connectivity index (χ2v) is 5.89. The number of para-hydroxylation sites is 1. The standard InChI is InChI=1S/C20H22FN3O2/c1-13-15-6-4-5-7-17(15)26-19(13)12-24-20(22-2)23-11-14-8-9-18(25-3)16(21)10-14/h4-10H,11-12H2,1-3H3,(H2,22,23,24). The van der Waals surface area contributed by atoms with Gasteiger partial charge in [0.1, 0.15) is 11.3 Å². The number of nitrogens with one attached hydrogen (secondary N) is 2. The van der Waals surface area contributed by atoms with Gasteiger partial charge in [0.2, 0.25) is 0 Å². The minimum atomic E-state index is -0.382. The van der Waals surface area contributed by atoms with E-state index in [1.807, 2.05) is 37.3 Å². The van der Waals surface area contributed by atoms with E-state index in [1.165, 1.54) is 13.2 Å². The van der Waals surface area contributed by atoms with E-state index in [-0.39, 0.29) is 11.6 Å². The summed E-state index contributed by atoms with van der Waals surface area (Å²) in [4.78, 5) is 4.19. The van der Waals surface area contributed by atoms with Crippen molar-refractivity contribution in [1.29, 1.82) is 0 Å². The molecule has 3 aromatic rings. The van der Waals surface area contributed by atoms with Crippen molar-refractivity contribution in [3.8, 4) is 5.75 Å². The van der Waals surface area contributed by atoms with E-state index < -0.39 is 0 Å². The van der Waals surface area contributed by atoms with Crippen molar-refractivity contribution in [3.05, 3.63) is 65.2 Å². The molecular weight excluding hydrogens is 333 g/mol. The summed E-state index contributed by atoms with van der Waals surface area (Å²) in [5, 5.41) is 7.50. The Morgan fingerprint density at radius 3 is 2.62 bits per heavy atom. The number of hydrogen-bond donors (Lipinski definition) is 2. The highest BCUT2D eigenvalue weighted by atomic mass is 19.1. The molecule has 1 aromatic heterocycles. The van der Waals surface area contributed by atoms with Gasteiger partial charge in [-0.2, -0.15) is 0 Å². The van der Waals surface area contributed by atoms with Crippen molar-refractivity contribution in [2.75, 3.05) is 14.2 Å². The van der Waals surface area contributed by atoms with Gasteiger partial charge in [0.15, 0.2) is 17.5 Å². The summed E-state index contributed by atoms with van der Waals surface area (Å²) in [6.45, 7) is 3.00. The first kappa shape index (κ1) is 17.8. The first-order valence-electron chi connectivity index (χ1n) is 8.36. The molecule has 0 aliphatic heterocycles. The van der Waals surface area contributed by atoms with E-state index in [4.69, 9.17) is 9.15 Å². The fourth-order valence-corrected chi connectivity index (χ4v) is 2.78. The molecule has 2 N–H and O–H groups in total. The summed E-state index contributed by atoms with van der Waals surface area (Å²) in [6, 6.07) is 12.8. The fraction of sp³-hybridized carbons (Fsp3) is 0.250. The molecule has 0 unspecified atom stereocenters. The van der Waals surface area contributed by atoms with Gasteiger partial charge < -0.3 is 19.8 Å². The van der Waals surface area contributed by atoms with Crippen LogP contribution in [0.2, 0.25) is 0 Å². The molecule has 1 heterocycles. The average molecular weight is 355 g/mol. The number of furan rings is 1. The first-order valence-corrected chi connectivity index (χ1v) is 8.36. The van der Waals surface area contributed by atoms with Gasteiger partial charge in [-0.05, 0) is 30.7 Å². The zero-order valence-electron chi connectivity index (χ0n) is 15.1. The lowest BCUT2D eigenvalue weighted by molar-refractivity contribution is 0.386. The zero-order chi connectivity index (χ0) is 18.5. The number of aryl methyl sites for hydroxylation is 1. The molecule has 6 heteroatoms. The molecule has 0 amide bonds. The summed E-state index contributed by atoms with van der Waals surface area (Å²) in [5.74, 6) is 1.33. The summed E-state index contributed by atoms with van der Waals surface area (Å²) in [7, 11) is 3.14. The number of halogens is 1.